The van der Waals surface area contributed by atoms with Gasteiger partial charge in [0.05, 0.1) is 12.8 Å². The van der Waals surface area contributed by atoms with Crippen LogP contribution in [0.2, 0.25) is 0 Å². The summed E-state index contributed by atoms with van der Waals surface area (Å²) in [5, 5.41) is 20.5. The number of oxime groups is 1. The minimum Gasteiger partial charge on any atom is -0.495 e. The third-order valence-electron chi connectivity index (χ3n) is 1.99. The molecule has 1 rings (SSSR count). The highest BCUT2D eigenvalue weighted by Crippen LogP contribution is 2.24. The summed E-state index contributed by atoms with van der Waals surface area (Å²) in [6.45, 7) is 1.56. The second-order valence-electron chi connectivity index (χ2n) is 2.88. The van der Waals surface area contributed by atoms with Gasteiger partial charge in [-0.1, -0.05) is 11.2 Å². The summed E-state index contributed by atoms with van der Waals surface area (Å²) in [5.41, 5.74) is 0.799. The maximum Gasteiger partial charge on any atom is 0.339 e. The van der Waals surface area contributed by atoms with Gasteiger partial charge in [0.1, 0.15) is 11.3 Å². The van der Waals surface area contributed by atoms with Gasteiger partial charge in [-0.2, -0.15) is 0 Å². The number of benzene rings is 1. The summed E-state index contributed by atoms with van der Waals surface area (Å²) in [5.74, 6) is -0.889. The standard InChI is InChI=1S/C10H11NO4/c1-6(11-14)7-4-3-5-8(10(12)13)9(7)15-2/h3-5,14H,1-2H3,(H,12,13)/b11-6+. The average molecular weight is 209 g/mol. The molecule has 0 atom stereocenters. The van der Waals surface area contributed by atoms with Gasteiger partial charge in [0, 0.05) is 5.56 Å². The monoisotopic (exact) mass is 209 g/mol. The number of hydrogen-bond acceptors (Lipinski definition) is 4. The van der Waals surface area contributed by atoms with Crippen LogP contribution in [-0.4, -0.2) is 29.1 Å². The molecule has 0 aliphatic rings. The molecule has 1 aromatic carbocycles. The molecule has 0 amide bonds. The predicted octanol–water partition coefficient (Wildman–Crippen LogP) is 1.59. The molecule has 0 bridgehead atoms. The van der Waals surface area contributed by atoms with Crippen LogP contribution in [0, 0.1) is 0 Å². The third kappa shape index (κ3) is 2.07. The van der Waals surface area contributed by atoms with E-state index in [1.165, 1.54) is 13.2 Å². The molecule has 5 heteroatoms. The molecule has 0 aromatic heterocycles. The summed E-state index contributed by atoms with van der Waals surface area (Å²) >= 11 is 0. The summed E-state index contributed by atoms with van der Waals surface area (Å²) in [6, 6.07) is 4.62. The summed E-state index contributed by atoms with van der Waals surface area (Å²) in [7, 11) is 1.37. The average Bonchev–Trinajstić information content (AvgIpc) is 2.26. The number of carbonyl (C=O) groups is 1. The van der Waals surface area contributed by atoms with E-state index in [0.29, 0.717) is 11.3 Å². The van der Waals surface area contributed by atoms with Crippen LogP contribution in [0.4, 0.5) is 0 Å². The van der Waals surface area contributed by atoms with Crippen LogP contribution in [0.5, 0.6) is 5.75 Å². The Labute approximate surface area is 86.6 Å². The number of aromatic carboxylic acids is 1. The molecule has 0 spiro atoms. The number of ether oxygens (including phenoxy) is 1. The molecule has 5 nitrogen and oxygen atoms in total. The van der Waals surface area contributed by atoms with Crippen molar-refractivity contribution in [2.75, 3.05) is 7.11 Å². The van der Waals surface area contributed by atoms with Crippen molar-refractivity contribution in [1.82, 2.24) is 0 Å². The Morgan fingerprint density at radius 1 is 1.40 bits per heavy atom. The van der Waals surface area contributed by atoms with E-state index in [1.807, 2.05) is 0 Å². The fourth-order valence-electron chi connectivity index (χ4n) is 1.26. The molecule has 0 heterocycles. The smallest absolute Gasteiger partial charge is 0.339 e. The largest absolute Gasteiger partial charge is 0.495 e. The molecule has 0 saturated carbocycles. The molecule has 1 aromatic rings. The normalized spacial score (nSPS) is 11.2. The SMILES string of the molecule is COc1c(C(=O)O)cccc1/C(C)=N/O. The van der Waals surface area contributed by atoms with Gasteiger partial charge in [0.2, 0.25) is 0 Å². The van der Waals surface area contributed by atoms with Crippen LogP contribution < -0.4 is 4.74 Å². The van der Waals surface area contributed by atoms with Crippen molar-refractivity contribution >= 4 is 11.7 Å². The van der Waals surface area contributed by atoms with E-state index >= 15 is 0 Å². The molecule has 0 saturated heterocycles. The van der Waals surface area contributed by atoms with Gasteiger partial charge in [-0.25, -0.2) is 4.79 Å². The number of methoxy groups -OCH3 is 1. The molecular formula is C10H11NO4. The second kappa shape index (κ2) is 4.45. The third-order valence-corrected chi connectivity index (χ3v) is 1.99. The molecule has 0 aliphatic heterocycles. The second-order valence-corrected chi connectivity index (χ2v) is 2.88. The molecule has 80 valence electrons. The number of nitrogens with zero attached hydrogens (tertiary/aromatic N) is 1. The van der Waals surface area contributed by atoms with Gasteiger partial charge in [0.15, 0.2) is 0 Å². The van der Waals surface area contributed by atoms with E-state index in [9.17, 15) is 4.79 Å². The molecular weight excluding hydrogens is 198 g/mol. The summed E-state index contributed by atoms with van der Waals surface area (Å²) in [4.78, 5) is 10.9. The Morgan fingerprint density at radius 3 is 2.47 bits per heavy atom. The van der Waals surface area contributed by atoms with Crippen LogP contribution in [0.15, 0.2) is 23.4 Å². The molecule has 15 heavy (non-hydrogen) atoms. The van der Waals surface area contributed by atoms with E-state index in [-0.39, 0.29) is 11.3 Å². The highest BCUT2D eigenvalue weighted by atomic mass is 16.5. The lowest BCUT2D eigenvalue weighted by atomic mass is 10.1. The van der Waals surface area contributed by atoms with Gasteiger partial charge in [-0.05, 0) is 19.1 Å². The Kier molecular flexibility index (Phi) is 3.28. The van der Waals surface area contributed by atoms with Crippen molar-refractivity contribution in [3.05, 3.63) is 29.3 Å². The lowest BCUT2D eigenvalue weighted by Gasteiger charge is -2.09. The number of rotatable bonds is 3. The fraction of sp³-hybridized carbons (Fsp3) is 0.200. The van der Waals surface area contributed by atoms with Crippen molar-refractivity contribution in [3.63, 3.8) is 0 Å². The molecule has 0 radical (unpaired) electrons. The van der Waals surface area contributed by atoms with Gasteiger partial charge >= 0.3 is 5.97 Å². The molecule has 0 unspecified atom stereocenters. The Bertz CT molecular complexity index is 412. The number of carboxylic acid groups (broad SMARTS) is 1. The van der Waals surface area contributed by atoms with Crippen molar-refractivity contribution in [2.24, 2.45) is 5.16 Å². The van der Waals surface area contributed by atoms with Gasteiger partial charge in [-0.3, -0.25) is 0 Å². The summed E-state index contributed by atoms with van der Waals surface area (Å²) in [6.07, 6.45) is 0. The zero-order valence-electron chi connectivity index (χ0n) is 8.39. The minimum atomic E-state index is -1.08. The zero-order valence-corrected chi connectivity index (χ0v) is 8.39. The Hall–Kier alpha value is -2.04. The topological polar surface area (TPSA) is 79.1 Å². The van der Waals surface area contributed by atoms with E-state index < -0.39 is 5.97 Å². The van der Waals surface area contributed by atoms with E-state index in [4.69, 9.17) is 15.1 Å². The Balaban J connectivity index is 3.41. The fourth-order valence-corrected chi connectivity index (χ4v) is 1.26. The van der Waals surface area contributed by atoms with E-state index in [1.54, 1.807) is 19.1 Å². The Morgan fingerprint density at radius 2 is 2.00 bits per heavy atom. The van der Waals surface area contributed by atoms with E-state index in [0.717, 1.165) is 0 Å². The zero-order chi connectivity index (χ0) is 11.4. The lowest BCUT2D eigenvalue weighted by molar-refractivity contribution is 0.0693. The maximum absolute atomic E-state index is 10.9. The van der Waals surface area contributed by atoms with E-state index in [2.05, 4.69) is 5.16 Å². The number of para-hydroxylation sites is 1. The first-order valence-corrected chi connectivity index (χ1v) is 4.21. The van der Waals surface area contributed by atoms with Crippen molar-refractivity contribution in [3.8, 4) is 5.75 Å². The van der Waals surface area contributed by atoms with Crippen molar-refractivity contribution in [2.45, 2.75) is 6.92 Å². The maximum atomic E-state index is 10.9. The highest BCUT2D eigenvalue weighted by Gasteiger charge is 2.16. The van der Waals surface area contributed by atoms with Crippen LogP contribution >= 0.6 is 0 Å². The number of carboxylic acids is 1. The van der Waals surface area contributed by atoms with Crippen LogP contribution in [0.25, 0.3) is 0 Å². The van der Waals surface area contributed by atoms with Crippen molar-refractivity contribution < 1.29 is 19.8 Å². The van der Waals surface area contributed by atoms with Crippen LogP contribution in [0.3, 0.4) is 0 Å². The number of hydrogen-bond donors (Lipinski definition) is 2. The molecule has 0 fully saturated rings. The summed E-state index contributed by atoms with van der Waals surface area (Å²) < 4.78 is 4.99. The van der Waals surface area contributed by atoms with Gasteiger partial charge < -0.3 is 15.1 Å². The van der Waals surface area contributed by atoms with Crippen LogP contribution in [0.1, 0.15) is 22.8 Å². The van der Waals surface area contributed by atoms with Gasteiger partial charge in [0.25, 0.3) is 0 Å². The highest BCUT2D eigenvalue weighted by molar-refractivity contribution is 6.04. The first-order chi connectivity index (χ1) is 7.11. The first-order valence-electron chi connectivity index (χ1n) is 4.21. The first kappa shape index (κ1) is 11.0. The quantitative estimate of drug-likeness (QED) is 0.450. The predicted molar refractivity (Wildman–Crippen MR) is 54.0 cm³/mol. The van der Waals surface area contributed by atoms with Crippen molar-refractivity contribution in [1.29, 1.82) is 0 Å². The molecule has 0 aliphatic carbocycles. The van der Waals surface area contributed by atoms with Crippen LogP contribution in [-0.2, 0) is 0 Å². The molecule has 2 N–H and O–H groups in total. The van der Waals surface area contributed by atoms with Gasteiger partial charge in [-0.15, -0.1) is 0 Å². The lowest BCUT2D eigenvalue weighted by Crippen LogP contribution is -2.06. The minimum absolute atomic E-state index is 0.0398.